The molecule has 1 rings (SSSR count). The van der Waals surface area contributed by atoms with Crippen molar-refractivity contribution in [1.82, 2.24) is 9.80 Å². The van der Waals surface area contributed by atoms with Crippen LogP contribution in [0.4, 0.5) is 0 Å². The lowest BCUT2D eigenvalue weighted by molar-refractivity contribution is 0.363. The van der Waals surface area contributed by atoms with Crippen molar-refractivity contribution in [3.8, 4) is 0 Å². The van der Waals surface area contributed by atoms with Crippen LogP contribution in [0.2, 0.25) is 0 Å². The van der Waals surface area contributed by atoms with E-state index in [0.29, 0.717) is 0 Å². The Balaban J connectivity index is 2.54. The van der Waals surface area contributed by atoms with Crippen molar-refractivity contribution in [1.29, 1.82) is 0 Å². The van der Waals surface area contributed by atoms with Crippen LogP contribution in [0.3, 0.4) is 0 Å². The van der Waals surface area contributed by atoms with Gasteiger partial charge in [0.1, 0.15) is 0 Å². The standard InChI is InChI=1S/C11H22N2S/c1-3-7-12-9-5-6-10-13(8-4-2)11(12)14/h3-10H2,1-2H3. The second-order valence-corrected chi connectivity index (χ2v) is 4.33. The van der Waals surface area contributed by atoms with Crippen LogP contribution in [0.25, 0.3) is 0 Å². The van der Waals surface area contributed by atoms with Crippen LogP contribution >= 0.6 is 12.2 Å². The molecule has 1 fully saturated rings. The molecule has 1 aliphatic rings. The van der Waals surface area contributed by atoms with E-state index < -0.39 is 0 Å². The average molecular weight is 214 g/mol. The van der Waals surface area contributed by atoms with Gasteiger partial charge in [-0.1, -0.05) is 13.8 Å². The summed E-state index contributed by atoms with van der Waals surface area (Å²) in [4.78, 5) is 4.75. The fraction of sp³-hybridized carbons (Fsp3) is 0.909. The summed E-state index contributed by atoms with van der Waals surface area (Å²) in [5.74, 6) is 0. The number of hydrogen-bond acceptors (Lipinski definition) is 1. The molecule has 0 bridgehead atoms. The molecule has 0 atom stereocenters. The summed E-state index contributed by atoms with van der Waals surface area (Å²) in [6.07, 6.45) is 4.97. The van der Waals surface area contributed by atoms with Gasteiger partial charge in [-0.2, -0.15) is 0 Å². The lowest BCUT2D eigenvalue weighted by Crippen LogP contribution is -2.42. The van der Waals surface area contributed by atoms with Gasteiger partial charge < -0.3 is 9.80 Å². The highest BCUT2D eigenvalue weighted by molar-refractivity contribution is 7.80. The normalized spacial score (nSPS) is 18.6. The Morgan fingerprint density at radius 1 is 1.00 bits per heavy atom. The zero-order valence-corrected chi connectivity index (χ0v) is 10.3. The molecule has 0 aromatic heterocycles. The molecular weight excluding hydrogens is 192 g/mol. The topological polar surface area (TPSA) is 6.48 Å². The Labute approximate surface area is 93.3 Å². The molecule has 1 saturated heterocycles. The Bertz CT molecular complexity index is 164. The highest BCUT2D eigenvalue weighted by atomic mass is 32.1. The lowest BCUT2D eigenvalue weighted by atomic mass is 10.3. The van der Waals surface area contributed by atoms with Crippen molar-refractivity contribution in [3.05, 3.63) is 0 Å². The molecule has 0 spiro atoms. The number of rotatable bonds is 4. The third kappa shape index (κ3) is 3.12. The van der Waals surface area contributed by atoms with E-state index in [1.165, 1.54) is 25.7 Å². The molecule has 1 aliphatic heterocycles. The van der Waals surface area contributed by atoms with Gasteiger partial charge in [0.25, 0.3) is 0 Å². The maximum atomic E-state index is 5.52. The maximum Gasteiger partial charge on any atom is 0.171 e. The number of thiocarbonyl (C=S) groups is 1. The second kappa shape index (κ2) is 6.23. The molecule has 2 nitrogen and oxygen atoms in total. The van der Waals surface area contributed by atoms with Gasteiger partial charge in [-0.25, -0.2) is 0 Å². The molecule has 0 unspecified atom stereocenters. The molecule has 3 heteroatoms. The summed E-state index contributed by atoms with van der Waals surface area (Å²) in [7, 11) is 0. The molecule has 14 heavy (non-hydrogen) atoms. The first kappa shape index (κ1) is 11.8. The Morgan fingerprint density at radius 3 is 1.79 bits per heavy atom. The van der Waals surface area contributed by atoms with E-state index in [1.54, 1.807) is 0 Å². The molecule has 0 aromatic rings. The van der Waals surface area contributed by atoms with Crippen molar-refractivity contribution in [2.24, 2.45) is 0 Å². The molecule has 0 amide bonds. The highest BCUT2D eigenvalue weighted by Crippen LogP contribution is 2.10. The van der Waals surface area contributed by atoms with Gasteiger partial charge in [0.2, 0.25) is 0 Å². The number of nitrogens with zero attached hydrogens (tertiary/aromatic N) is 2. The van der Waals surface area contributed by atoms with Crippen LogP contribution in [0, 0.1) is 0 Å². The van der Waals surface area contributed by atoms with E-state index >= 15 is 0 Å². The van der Waals surface area contributed by atoms with E-state index in [0.717, 1.165) is 31.3 Å². The van der Waals surface area contributed by atoms with Crippen LogP contribution in [0.1, 0.15) is 39.5 Å². The van der Waals surface area contributed by atoms with Gasteiger partial charge in [0.05, 0.1) is 0 Å². The first-order chi connectivity index (χ1) is 6.79. The molecule has 0 saturated carbocycles. The van der Waals surface area contributed by atoms with Crippen molar-refractivity contribution in [2.75, 3.05) is 26.2 Å². The van der Waals surface area contributed by atoms with Crippen molar-refractivity contribution in [2.45, 2.75) is 39.5 Å². The summed E-state index contributed by atoms with van der Waals surface area (Å²) in [5, 5.41) is 1.09. The van der Waals surface area contributed by atoms with Gasteiger partial charge in [-0.05, 0) is 37.9 Å². The quantitative estimate of drug-likeness (QED) is 0.664. The number of hydrogen-bond donors (Lipinski definition) is 0. The van der Waals surface area contributed by atoms with Gasteiger partial charge >= 0.3 is 0 Å². The van der Waals surface area contributed by atoms with Crippen molar-refractivity contribution in [3.63, 3.8) is 0 Å². The predicted molar refractivity (Wildman–Crippen MR) is 65.6 cm³/mol. The van der Waals surface area contributed by atoms with Gasteiger partial charge in [-0.15, -0.1) is 0 Å². The maximum absolute atomic E-state index is 5.52. The largest absolute Gasteiger partial charge is 0.349 e. The van der Waals surface area contributed by atoms with E-state index in [9.17, 15) is 0 Å². The first-order valence-electron chi connectivity index (χ1n) is 5.83. The third-order valence-electron chi connectivity index (χ3n) is 2.63. The first-order valence-corrected chi connectivity index (χ1v) is 6.24. The Kier molecular flexibility index (Phi) is 5.23. The molecular formula is C11H22N2S. The van der Waals surface area contributed by atoms with Crippen molar-refractivity contribution >= 4 is 17.3 Å². The van der Waals surface area contributed by atoms with Gasteiger partial charge in [-0.3, -0.25) is 0 Å². The van der Waals surface area contributed by atoms with Crippen LogP contribution in [0.5, 0.6) is 0 Å². The van der Waals surface area contributed by atoms with E-state index in [4.69, 9.17) is 12.2 Å². The lowest BCUT2D eigenvalue weighted by Gasteiger charge is -2.30. The molecule has 0 aromatic carbocycles. The Hall–Kier alpha value is -0.310. The van der Waals surface area contributed by atoms with Crippen molar-refractivity contribution < 1.29 is 0 Å². The van der Waals surface area contributed by atoms with Crippen LogP contribution in [-0.2, 0) is 0 Å². The summed E-state index contributed by atoms with van der Waals surface area (Å²) in [6.45, 7) is 9.01. The van der Waals surface area contributed by atoms with E-state index in [2.05, 4.69) is 23.6 Å². The summed E-state index contributed by atoms with van der Waals surface area (Å²) in [5.41, 5.74) is 0. The average Bonchev–Trinajstić information content (AvgIpc) is 2.34. The summed E-state index contributed by atoms with van der Waals surface area (Å²) >= 11 is 5.52. The minimum atomic E-state index is 1.09. The minimum absolute atomic E-state index is 1.09. The fourth-order valence-electron chi connectivity index (χ4n) is 1.95. The monoisotopic (exact) mass is 214 g/mol. The van der Waals surface area contributed by atoms with Crippen LogP contribution in [0.15, 0.2) is 0 Å². The van der Waals surface area contributed by atoms with Gasteiger partial charge in [0.15, 0.2) is 5.11 Å². The molecule has 82 valence electrons. The second-order valence-electron chi connectivity index (χ2n) is 3.96. The SMILES string of the molecule is CCCN1CCCCN(CCC)C1=S. The molecule has 1 heterocycles. The van der Waals surface area contributed by atoms with Crippen LogP contribution in [-0.4, -0.2) is 41.1 Å². The zero-order valence-electron chi connectivity index (χ0n) is 9.46. The van der Waals surface area contributed by atoms with E-state index in [-0.39, 0.29) is 0 Å². The predicted octanol–water partition coefficient (Wildman–Crippen LogP) is 2.49. The zero-order chi connectivity index (χ0) is 10.4. The molecule has 0 N–H and O–H groups in total. The fourth-order valence-corrected chi connectivity index (χ4v) is 2.32. The van der Waals surface area contributed by atoms with Gasteiger partial charge in [0, 0.05) is 26.2 Å². The highest BCUT2D eigenvalue weighted by Gasteiger charge is 2.18. The summed E-state index contributed by atoms with van der Waals surface area (Å²) < 4.78 is 0. The molecule has 0 aliphatic carbocycles. The molecule has 0 radical (unpaired) electrons. The van der Waals surface area contributed by atoms with Crippen LogP contribution < -0.4 is 0 Å². The van der Waals surface area contributed by atoms with E-state index in [1.807, 2.05) is 0 Å². The summed E-state index contributed by atoms with van der Waals surface area (Å²) in [6, 6.07) is 0. The Morgan fingerprint density at radius 2 is 1.43 bits per heavy atom. The minimum Gasteiger partial charge on any atom is -0.349 e. The smallest absolute Gasteiger partial charge is 0.171 e. The third-order valence-corrected chi connectivity index (χ3v) is 3.15.